The molecular weight excluding hydrogens is 635 g/mol. The number of esters is 1. The highest BCUT2D eigenvalue weighted by atomic mass is 35.5. The molecule has 0 radical (unpaired) electrons. The van der Waals surface area contributed by atoms with Crippen LogP contribution in [-0.4, -0.2) is 59.4 Å². The van der Waals surface area contributed by atoms with Crippen molar-refractivity contribution < 1.29 is 27.5 Å². The Bertz CT molecular complexity index is 1670. The van der Waals surface area contributed by atoms with Crippen molar-refractivity contribution >= 4 is 44.9 Å². The SMILES string of the molecule is COC(=O)c1ccc(C[C@@]2(C)O[C@H](c3cccc(Cl)c3)[C@@H](c3ccc(Cl)cc3)N([C@H](CS(=O)(=O)C(C)(C)C)C3CC3)C2=O)nc1. The summed E-state index contributed by atoms with van der Waals surface area (Å²) in [6.45, 7) is 6.78. The standard InChI is InChI=1S/C34H38Cl2N2O6S/c1-33(2,3)45(41,42)20-28(21-9-10-21)38-29(22-11-14-25(35)15-12-22)30(23-7-6-8-26(36)17-23)44-34(4,32(38)40)18-27-16-13-24(19-37-27)31(39)43-5/h6-8,11-17,19,21,28-30H,9-10,18,20H2,1-5H3/t28-,29-,30-,34-/m1/s1. The van der Waals surface area contributed by atoms with Gasteiger partial charge in [-0.1, -0.05) is 47.5 Å². The van der Waals surface area contributed by atoms with Crippen molar-refractivity contribution in [1.82, 2.24) is 9.88 Å². The number of ether oxygens (including phenoxy) is 2. The van der Waals surface area contributed by atoms with E-state index in [0.29, 0.717) is 15.7 Å². The predicted molar refractivity (Wildman–Crippen MR) is 174 cm³/mol. The van der Waals surface area contributed by atoms with Gasteiger partial charge in [0.2, 0.25) is 0 Å². The minimum atomic E-state index is -3.62. The molecule has 0 bridgehead atoms. The van der Waals surface area contributed by atoms with E-state index in [1.807, 2.05) is 30.3 Å². The summed E-state index contributed by atoms with van der Waals surface area (Å²) in [4.78, 5) is 33.1. The summed E-state index contributed by atoms with van der Waals surface area (Å²) < 4.78 is 38.1. The number of halogens is 2. The molecule has 1 aliphatic carbocycles. The molecule has 240 valence electrons. The summed E-state index contributed by atoms with van der Waals surface area (Å²) in [5, 5.41) is 1.04. The topological polar surface area (TPSA) is 103 Å². The molecule has 1 aliphatic heterocycles. The summed E-state index contributed by atoms with van der Waals surface area (Å²) in [5.41, 5.74) is 0.879. The van der Waals surface area contributed by atoms with Crippen molar-refractivity contribution in [2.24, 2.45) is 5.92 Å². The Morgan fingerprint density at radius 1 is 1.07 bits per heavy atom. The van der Waals surface area contributed by atoms with Crippen molar-refractivity contribution in [1.29, 1.82) is 0 Å². The number of hydrogen-bond donors (Lipinski definition) is 0. The van der Waals surface area contributed by atoms with E-state index in [9.17, 15) is 18.0 Å². The largest absolute Gasteiger partial charge is 0.465 e. The third-order valence-corrected chi connectivity index (χ3v) is 11.8. The van der Waals surface area contributed by atoms with Crippen LogP contribution in [0.3, 0.4) is 0 Å². The summed E-state index contributed by atoms with van der Waals surface area (Å²) >= 11 is 12.8. The first kappa shape index (κ1) is 33.4. The van der Waals surface area contributed by atoms with Crippen LogP contribution in [0, 0.1) is 5.92 Å². The van der Waals surface area contributed by atoms with E-state index in [1.165, 1.54) is 13.3 Å². The van der Waals surface area contributed by atoms with Crippen molar-refractivity contribution in [2.75, 3.05) is 12.9 Å². The number of nitrogens with zero attached hydrogens (tertiary/aromatic N) is 2. The van der Waals surface area contributed by atoms with Crippen molar-refractivity contribution in [3.05, 3.63) is 99.3 Å². The van der Waals surface area contributed by atoms with Crippen LogP contribution >= 0.6 is 23.2 Å². The van der Waals surface area contributed by atoms with Gasteiger partial charge < -0.3 is 14.4 Å². The number of methoxy groups -OCH3 is 1. The molecule has 2 fully saturated rings. The lowest BCUT2D eigenvalue weighted by molar-refractivity contribution is -0.202. The third-order valence-electron chi connectivity index (χ3n) is 8.66. The molecule has 11 heteroatoms. The Labute approximate surface area is 274 Å². The molecule has 1 saturated heterocycles. The normalized spacial score (nSPS) is 23.1. The lowest BCUT2D eigenvalue weighted by Gasteiger charge is -2.52. The fourth-order valence-electron chi connectivity index (χ4n) is 5.86. The highest BCUT2D eigenvalue weighted by molar-refractivity contribution is 7.92. The number of morpholine rings is 1. The Balaban J connectivity index is 1.67. The first-order valence-corrected chi connectivity index (χ1v) is 17.3. The lowest BCUT2D eigenvalue weighted by Crippen LogP contribution is -2.62. The molecule has 0 spiro atoms. The average Bonchev–Trinajstić information content (AvgIpc) is 3.83. The van der Waals surface area contributed by atoms with E-state index in [2.05, 4.69) is 4.98 Å². The van der Waals surface area contributed by atoms with Crippen LogP contribution in [-0.2, 0) is 30.5 Å². The number of aromatic nitrogens is 1. The van der Waals surface area contributed by atoms with Gasteiger partial charge in [0.1, 0.15) is 6.10 Å². The molecule has 0 N–H and O–H groups in total. The number of carbonyl (C=O) groups excluding carboxylic acids is 2. The second-order valence-electron chi connectivity index (χ2n) is 13.0. The average molecular weight is 674 g/mol. The molecule has 2 aromatic carbocycles. The summed E-state index contributed by atoms with van der Waals surface area (Å²) in [6.07, 6.45) is 2.41. The van der Waals surface area contributed by atoms with Gasteiger partial charge in [-0.15, -0.1) is 0 Å². The Morgan fingerprint density at radius 3 is 2.31 bits per heavy atom. The number of benzene rings is 2. The minimum Gasteiger partial charge on any atom is -0.465 e. The Kier molecular flexibility index (Phi) is 9.40. The molecule has 3 aromatic rings. The minimum absolute atomic E-state index is 0.0145. The molecule has 1 saturated carbocycles. The van der Waals surface area contributed by atoms with Crippen molar-refractivity contribution in [3.8, 4) is 0 Å². The van der Waals surface area contributed by atoms with E-state index in [1.54, 1.807) is 62.9 Å². The molecule has 5 rings (SSSR count). The molecule has 1 amide bonds. The van der Waals surface area contributed by atoms with E-state index < -0.39 is 44.3 Å². The first-order chi connectivity index (χ1) is 21.1. The van der Waals surface area contributed by atoms with Gasteiger partial charge in [0, 0.05) is 34.4 Å². The van der Waals surface area contributed by atoms with Crippen LogP contribution in [0.5, 0.6) is 0 Å². The van der Waals surface area contributed by atoms with Gasteiger partial charge in [-0.2, -0.15) is 0 Å². The monoisotopic (exact) mass is 672 g/mol. The maximum atomic E-state index is 14.9. The van der Waals surface area contributed by atoms with Gasteiger partial charge in [-0.3, -0.25) is 9.78 Å². The van der Waals surface area contributed by atoms with E-state index >= 15 is 0 Å². The molecule has 4 atom stereocenters. The van der Waals surface area contributed by atoms with E-state index in [-0.39, 0.29) is 29.6 Å². The van der Waals surface area contributed by atoms with Gasteiger partial charge in [-0.25, -0.2) is 13.2 Å². The zero-order valence-electron chi connectivity index (χ0n) is 26.0. The number of carbonyl (C=O) groups is 2. The molecular formula is C34H38Cl2N2O6S. The first-order valence-electron chi connectivity index (χ1n) is 14.9. The van der Waals surface area contributed by atoms with Gasteiger partial charge in [0.05, 0.1) is 29.2 Å². The van der Waals surface area contributed by atoms with E-state index in [0.717, 1.165) is 24.0 Å². The quantitative estimate of drug-likeness (QED) is 0.230. The van der Waals surface area contributed by atoms with Crippen LogP contribution in [0.4, 0.5) is 0 Å². The van der Waals surface area contributed by atoms with Gasteiger partial charge >= 0.3 is 5.97 Å². The summed E-state index contributed by atoms with van der Waals surface area (Å²) in [5.74, 6) is -1.02. The number of rotatable bonds is 9. The number of amides is 1. The molecule has 8 nitrogen and oxygen atoms in total. The predicted octanol–water partition coefficient (Wildman–Crippen LogP) is 6.81. The molecule has 1 aromatic heterocycles. The van der Waals surface area contributed by atoms with Crippen LogP contribution < -0.4 is 0 Å². The van der Waals surface area contributed by atoms with Gasteiger partial charge in [-0.05, 0) is 94.0 Å². The zero-order valence-corrected chi connectivity index (χ0v) is 28.3. The van der Waals surface area contributed by atoms with Crippen LogP contribution in [0.1, 0.15) is 79.9 Å². The Morgan fingerprint density at radius 2 is 1.76 bits per heavy atom. The summed E-state index contributed by atoms with van der Waals surface area (Å²) in [7, 11) is -2.33. The molecule has 2 aliphatic rings. The number of pyridine rings is 1. The van der Waals surface area contributed by atoms with Gasteiger partial charge in [0.15, 0.2) is 15.4 Å². The second kappa shape index (κ2) is 12.7. The van der Waals surface area contributed by atoms with Gasteiger partial charge in [0.25, 0.3) is 5.91 Å². The summed E-state index contributed by atoms with van der Waals surface area (Å²) in [6, 6.07) is 16.5. The number of sulfone groups is 1. The zero-order chi connectivity index (χ0) is 32.7. The van der Waals surface area contributed by atoms with Crippen LogP contribution in [0.15, 0.2) is 66.9 Å². The molecule has 0 unspecified atom stereocenters. The Hall–Kier alpha value is -2.98. The van der Waals surface area contributed by atoms with Crippen molar-refractivity contribution in [3.63, 3.8) is 0 Å². The fourth-order valence-corrected chi connectivity index (χ4v) is 7.56. The number of hydrogen-bond acceptors (Lipinski definition) is 7. The highest BCUT2D eigenvalue weighted by Gasteiger charge is 2.56. The van der Waals surface area contributed by atoms with Crippen LogP contribution in [0.2, 0.25) is 10.0 Å². The maximum Gasteiger partial charge on any atom is 0.339 e. The third kappa shape index (κ3) is 7.07. The fraction of sp³-hybridized carbons (Fsp3) is 0.441. The van der Waals surface area contributed by atoms with E-state index in [4.69, 9.17) is 32.7 Å². The lowest BCUT2D eigenvalue weighted by atomic mass is 9.85. The molecule has 2 heterocycles. The maximum absolute atomic E-state index is 14.9. The smallest absolute Gasteiger partial charge is 0.339 e. The van der Waals surface area contributed by atoms with Crippen molar-refractivity contribution in [2.45, 2.75) is 75.5 Å². The van der Waals surface area contributed by atoms with Crippen LogP contribution in [0.25, 0.3) is 0 Å². The highest BCUT2D eigenvalue weighted by Crippen LogP contribution is 2.50. The second-order valence-corrected chi connectivity index (χ2v) is 16.7. The molecule has 45 heavy (non-hydrogen) atoms.